The summed E-state index contributed by atoms with van der Waals surface area (Å²) < 4.78 is 5.00. The molecule has 5 nitrogen and oxygen atoms in total. The number of hydrogen-bond acceptors (Lipinski definition) is 4. The standard InChI is InChI=1S/C12H14N2O3/c1-3-4-5-6-13-10-7-11(14(15)16)9-12(8-10)17-2/h7-9,13H,5-6H2,1-2H3. The van der Waals surface area contributed by atoms with Gasteiger partial charge in [-0.15, -0.1) is 11.8 Å². The Labute approximate surface area is 99.9 Å². The van der Waals surface area contributed by atoms with Gasteiger partial charge in [-0.3, -0.25) is 10.1 Å². The summed E-state index contributed by atoms with van der Waals surface area (Å²) in [6.45, 7) is 2.42. The molecular formula is C12H14N2O3. The van der Waals surface area contributed by atoms with E-state index in [2.05, 4.69) is 17.2 Å². The highest BCUT2D eigenvalue weighted by molar-refractivity contribution is 5.56. The monoisotopic (exact) mass is 234 g/mol. The van der Waals surface area contributed by atoms with Crippen molar-refractivity contribution < 1.29 is 9.66 Å². The van der Waals surface area contributed by atoms with Crippen LogP contribution >= 0.6 is 0 Å². The van der Waals surface area contributed by atoms with E-state index in [0.29, 0.717) is 24.4 Å². The molecule has 1 rings (SSSR count). The summed E-state index contributed by atoms with van der Waals surface area (Å²) in [5.41, 5.74) is 0.669. The molecule has 90 valence electrons. The molecule has 1 aromatic carbocycles. The number of rotatable bonds is 5. The van der Waals surface area contributed by atoms with E-state index in [9.17, 15) is 10.1 Å². The quantitative estimate of drug-likeness (QED) is 0.368. The molecule has 0 amide bonds. The van der Waals surface area contributed by atoms with E-state index >= 15 is 0 Å². The Morgan fingerprint density at radius 2 is 2.24 bits per heavy atom. The van der Waals surface area contributed by atoms with Crippen molar-refractivity contribution in [3.05, 3.63) is 28.3 Å². The van der Waals surface area contributed by atoms with Crippen LogP contribution in [-0.4, -0.2) is 18.6 Å². The molecule has 0 aliphatic rings. The predicted octanol–water partition coefficient (Wildman–Crippen LogP) is 2.43. The van der Waals surface area contributed by atoms with Gasteiger partial charge in [0.15, 0.2) is 0 Å². The molecule has 0 spiro atoms. The van der Waals surface area contributed by atoms with Gasteiger partial charge in [-0.05, 0) is 6.92 Å². The van der Waals surface area contributed by atoms with Crippen LogP contribution in [-0.2, 0) is 0 Å². The highest BCUT2D eigenvalue weighted by atomic mass is 16.6. The second-order valence-corrected chi connectivity index (χ2v) is 3.28. The molecule has 5 heteroatoms. The van der Waals surface area contributed by atoms with Crippen molar-refractivity contribution in [2.24, 2.45) is 0 Å². The smallest absolute Gasteiger partial charge is 0.275 e. The summed E-state index contributed by atoms with van der Waals surface area (Å²) >= 11 is 0. The van der Waals surface area contributed by atoms with Crippen molar-refractivity contribution in [1.82, 2.24) is 0 Å². The lowest BCUT2D eigenvalue weighted by atomic mass is 10.2. The third-order valence-electron chi connectivity index (χ3n) is 2.09. The lowest BCUT2D eigenvalue weighted by Gasteiger charge is -2.06. The Morgan fingerprint density at radius 1 is 1.47 bits per heavy atom. The maximum atomic E-state index is 10.7. The summed E-state index contributed by atoms with van der Waals surface area (Å²) in [6, 6.07) is 4.57. The number of ether oxygens (including phenoxy) is 1. The first-order valence-corrected chi connectivity index (χ1v) is 5.14. The van der Waals surface area contributed by atoms with Crippen molar-refractivity contribution in [3.8, 4) is 17.6 Å². The van der Waals surface area contributed by atoms with Crippen LogP contribution in [0.4, 0.5) is 11.4 Å². The van der Waals surface area contributed by atoms with Crippen molar-refractivity contribution in [2.45, 2.75) is 13.3 Å². The van der Waals surface area contributed by atoms with Crippen LogP contribution in [0, 0.1) is 22.0 Å². The first-order chi connectivity index (χ1) is 8.17. The Morgan fingerprint density at radius 3 is 2.82 bits per heavy atom. The Kier molecular flexibility index (Phi) is 4.82. The van der Waals surface area contributed by atoms with E-state index < -0.39 is 4.92 Å². The summed E-state index contributed by atoms with van der Waals surface area (Å²) in [5, 5.41) is 13.8. The lowest BCUT2D eigenvalue weighted by Crippen LogP contribution is -2.01. The molecule has 0 saturated carbocycles. The lowest BCUT2D eigenvalue weighted by molar-refractivity contribution is -0.384. The average molecular weight is 234 g/mol. The molecule has 0 atom stereocenters. The van der Waals surface area contributed by atoms with Crippen LogP contribution in [0.15, 0.2) is 18.2 Å². The number of non-ortho nitro benzene ring substituents is 1. The zero-order valence-corrected chi connectivity index (χ0v) is 9.82. The number of benzene rings is 1. The topological polar surface area (TPSA) is 64.4 Å². The Hall–Kier alpha value is -2.22. The highest BCUT2D eigenvalue weighted by Gasteiger charge is 2.09. The van der Waals surface area contributed by atoms with Gasteiger partial charge < -0.3 is 10.1 Å². The van der Waals surface area contributed by atoms with Gasteiger partial charge in [0, 0.05) is 30.8 Å². The predicted molar refractivity (Wildman–Crippen MR) is 66.2 cm³/mol. The van der Waals surface area contributed by atoms with E-state index in [1.807, 2.05) is 0 Å². The molecule has 0 unspecified atom stereocenters. The third kappa shape index (κ3) is 4.03. The van der Waals surface area contributed by atoms with Crippen molar-refractivity contribution in [3.63, 3.8) is 0 Å². The minimum atomic E-state index is -0.445. The molecule has 0 aromatic heterocycles. The number of methoxy groups -OCH3 is 1. The maximum absolute atomic E-state index is 10.7. The normalized spacial score (nSPS) is 9.06. The summed E-state index contributed by atoms with van der Waals surface area (Å²) in [5.74, 6) is 6.15. The molecular weight excluding hydrogens is 220 g/mol. The fourth-order valence-corrected chi connectivity index (χ4v) is 1.30. The van der Waals surface area contributed by atoms with E-state index in [4.69, 9.17) is 4.74 Å². The van der Waals surface area contributed by atoms with E-state index in [1.54, 1.807) is 13.0 Å². The summed E-state index contributed by atoms with van der Waals surface area (Å²) in [4.78, 5) is 10.3. The van der Waals surface area contributed by atoms with Crippen LogP contribution in [0.1, 0.15) is 13.3 Å². The number of hydrogen-bond donors (Lipinski definition) is 1. The number of nitro groups is 1. The van der Waals surface area contributed by atoms with Gasteiger partial charge in [0.2, 0.25) is 0 Å². The van der Waals surface area contributed by atoms with Gasteiger partial charge in [0.25, 0.3) is 5.69 Å². The molecule has 1 aromatic rings. The van der Waals surface area contributed by atoms with Crippen molar-refractivity contribution >= 4 is 11.4 Å². The largest absolute Gasteiger partial charge is 0.496 e. The molecule has 17 heavy (non-hydrogen) atoms. The third-order valence-corrected chi connectivity index (χ3v) is 2.09. The molecule has 0 heterocycles. The average Bonchev–Trinajstić information content (AvgIpc) is 2.34. The molecule has 0 radical (unpaired) electrons. The van der Waals surface area contributed by atoms with Gasteiger partial charge in [0.05, 0.1) is 18.1 Å². The second kappa shape index (κ2) is 6.38. The molecule has 0 bridgehead atoms. The van der Waals surface area contributed by atoms with E-state index in [1.165, 1.54) is 19.2 Å². The van der Waals surface area contributed by atoms with Crippen LogP contribution in [0.2, 0.25) is 0 Å². The second-order valence-electron chi connectivity index (χ2n) is 3.28. The van der Waals surface area contributed by atoms with E-state index in [-0.39, 0.29) is 5.69 Å². The van der Waals surface area contributed by atoms with Crippen LogP contribution in [0.5, 0.6) is 5.75 Å². The van der Waals surface area contributed by atoms with Crippen molar-refractivity contribution in [2.75, 3.05) is 19.0 Å². The number of nitrogens with zero attached hydrogens (tertiary/aromatic N) is 1. The molecule has 0 saturated heterocycles. The number of nitrogens with one attached hydrogen (secondary N) is 1. The first kappa shape index (κ1) is 12.8. The number of anilines is 1. The fraction of sp³-hybridized carbons (Fsp3) is 0.333. The summed E-state index contributed by atoms with van der Waals surface area (Å²) in [7, 11) is 1.48. The Bertz CT molecular complexity index is 461. The van der Waals surface area contributed by atoms with Crippen molar-refractivity contribution in [1.29, 1.82) is 0 Å². The molecule has 1 N–H and O–H groups in total. The zero-order chi connectivity index (χ0) is 12.7. The first-order valence-electron chi connectivity index (χ1n) is 5.14. The fourth-order valence-electron chi connectivity index (χ4n) is 1.30. The number of nitro benzene ring substituents is 1. The highest BCUT2D eigenvalue weighted by Crippen LogP contribution is 2.25. The Balaban J connectivity index is 2.78. The zero-order valence-electron chi connectivity index (χ0n) is 9.82. The minimum Gasteiger partial charge on any atom is -0.496 e. The van der Waals surface area contributed by atoms with Crippen LogP contribution < -0.4 is 10.1 Å². The van der Waals surface area contributed by atoms with Crippen LogP contribution in [0.3, 0.4) is 0 Å². The maximum Gasteiger partial charge on any atom is 0.275 e. The summed E-state index contributed by atoms with van der Waals surface area (Å²) in [6.07, 6.45) is 0.696. The van der Waals surface area contributed by atoms with Gasteiger partial charge in [-0.25, -0.2) is 0 Å². The molecule has 0 fully saturated rings. The van der Waals surface area contributed by atoms with Gasteiger partial charge in [-0.1, -0.05) is 0 Å². The SMILES string of the molecule is CC#CCCNc1cc(OC)cc([N+](=O)[O-])c1. The van der Waals surface area contributed by atoms with E-state index in [0.717, 1.165) is 0 Å². The minimum absolute atomic E-state index is 0.00780. The van der Waals surface area contributed by atoms with Gasteiger partial charge in [-0.2, -0.15) is 0 Å². The molecule has 0 aliphatic heterocycles. The van der Waals surface area contributed by atoms with Gasteiger partial charge in [0.1, 0.15) is 5.75 Å². The van der Waals surface area contributed by atoms with Gasteiger partial charge >= 0.3 is 0 Å². The molecule has 0 aliphatic carbocycles. The van der Waals surface area contributed by atoms with Crippen LogP contribution in [0.25, 0.3) is 0 Å².